The molecule has 0 spiro atoms. The number of carboxylic acids is 1. The Morgan fingerprint density at radius 2 is 2.45 bits per heavy atom. The number of aliphatic carboxylic acids is 1. The second-order valence-corrected chi connectivity index (χ2v) is 2.87. The largest absolute Gasteiger partial charge is 1.00 e. The molecule has 11 heavy (non-hydrogen) atoms. The van der Waals surface area contributed by atoms with E-state index >= 15 is 0 Å². The van der Waals surface area contributed by atoms with Gasteiger partial charge in [-0.2, -0.15) is 0 Å². The summed E-state index contributed by atoms with van der Waals surface area (Å²) in [5.74, 6) is -1.07. The molecule has 0 fully saturated rings. The van der Waals surface area contributed by atoms with Gasteiger partial charge in [-0.3, -0.25) is 0 Å². The Morgan fingerprint density at radius 1 is 1.82 bits per heavy atom. The molecule has 54 valence electrons. The van der Waals surface area contributed by atoms with Crippen molar-refractivity contribution in [1.29, 1.82) is 0 Å². The third-order valence-electron chi connectivity index (χ3n) is 0.962. The van der Waals surface area contributed by atoms with E-state index in [-0.39, 0.29) is 36.0 Å². The maximum Gasteiger partial charge on any atom is 1.00 e. The number of hydrogen-bond acceptors (Lipinski definition) is 4. The van der Waals surface area contributed by atoms with Gasteiger partial charge in [-0.05, 0) is 6.92 Å². The second kappa shape index (κ2) is 4.87. The summed E-state index contributed by atoms with van der Waals surface area (Å²) in [6.45, 7) is 1.83. The summed E-state index contributed by atoms with van der Waals surface area (Å²) in [5.41, 5.74) is 0.862. The Hall–Kier alpha value is 0.100. The van der Waals surface area contributed by atoms with Crippen molar-refractivity contribution < 1.29 is 39.5 Å². The van der Waals surface area contributed by atoms with E-state index in [1.807, 2.05) is 12.3 Å². The Kier molecular flexibility index (Phi) is 4.92. The molecule has 1 aromatic rings. The standard InChI is InChI=1S/C6H7NO2S.Na/c1-4-3-10-5(7-4)2-6(8)9;/h3H,2H2,1H3,(H,8,9);/q;+1/p-1. The van der Waals surface area contributed by atoms with Gasteiger partial charge in [-0.15, -0.1) is 11.3 Å². The number of nitrogens with zero attached hydrogens (tertiary/aromatic N) is 1. The van der Waals surface area contributed by atoms with Crippen LogP contribution in [0.25, 0.3) is 0 Å². The van der Waals surface area contributed by atoms with Crippen LogP contribution in [0.1, 0.15) is 10.7 Å². The van der Waals surface area contributed by atoms with Crippen LogP contribution in [0, 0.1) is 6.92 Å². The van der Waals surface area contributed by atoms with Crippen molar-refractivity contribution in [3.05, 3.63) is 16.1 Å². The van der Waals surface area contributed by atoms with Crippen LogP contribution < -0.4 is 34.7 Å². The maximum absolute atomic E-state index is 10.0. The van der Waals surface area contributed by atoms with Gasteiger partial charge in [-0.25, -0.2) is 4.98 Å². The monoisotopic (exact) mass is 179 g/mol. The molecule has 0 saturated heterocycles. The summed E-state index contributed by atoms with van der Waals surface area (Å²) in [5, 5.41) is 12.5. The van der Waals surface area contributed by atoms with Crippen molar-refractivity contribution in [2.45, 2.75) is 13.3 Å². The number of thiazole rings is 1. The first kappa shape index (κ1) is 11.1. The first-order valence-corrected chi connectivity index (χ1v) is 3.67. The number of hydrogen-bond donors (Lipinski definition) is 0. The summed E-state index contributed by atoms with van der Waals surface area (Å²) in [7, 11) is 0. The molecule has 1 rings (SSSR count). The quantitative estimate of drug-likeness (QED) is 0.448. The molecule has 0 atom stereocenters. The van der Waals surface area contributed by atoms with E-state index in [1.165, 1.54) is 11.3 Å². The van der Waals surface area contributed by atoms with Crippen molar-refractivity contribution in [1.82, 2.24) is 4.98 Å². The van der Waals surface area contributed by atoms with E-state index in [0.717, 1.165) is 5.69 Å². The molecule has 0 radical (unpaired) electrons. The van der Waals surface area contributed by atoms with Gasteiger partial charge >= 0.3 is 29.6 Å². The zero-order valence-corrected chi connectivity index (χ0v) is 9.27. The number of carbonyl (C=O) groups excluding carboxylic acids is 1. The van der Waals surface area contributed by atoms with Gasteiger partial charge in [0, 0.05) is 23.5 Å². The molecule has 0 aliphatic heterocycles. The molecular formula is C6H6NNaO2S. The van der Waals surface area contributed by atoms with Crippen molar-refractivity contribution in [2.24, 2.45) is 0 Å². The first-order chi connectivity index (χ1) is 4.68. The van der Waals surface area contributed by atoms with Gasteiger partial charge in [0.1, 0.15) is 0 Å². The van der Waals surface area contributed by atoms with Crippen LogP contribution in [-0.2, 0) is 11.2 Å². The Balaban J connectivity index is 0.000001000. The van der Waals surface area contributed by atoms with E-state index in [4.69, 9.17) is 0 Å². The fourth-order valence-electron chi connectivity index (χ4n) is 0.607. The first-order valence-electron chi connectivity index (χ1n) is 2.79. The fourth-order valence-corrected chi connectivity index (χ4v) is 1.36. The number of aromatic nitrogens is 1. The zero-order valence-electron chi connectivity index (χ0n) is 6.46. The van der Waals surface area contributed by atoms with Gasteiger partial charge < -0.3 is 9.90 Å². The van der Waals surface area contributed by atoms with Crippen LogP contribution in [0.15, 0.2) is 5.38 Å². The van der Waals surface area contributed by atoms with Crippen LogP contribution in [0.5, 0.6) is 0 Å². The van der Waals surface area contributed by atoms with Crippen LogP contribution in [0.2, 0.25) is 0 Å². The molecule has 0 aromatic carbocycles. The van der Waals surface area contributed by atoms with E-state index in [9.17, 15) is 9.90 Å². The smallest absolute Gasteiger partial charge is 0.550 e. The summed E-state index contributed by atoms with van der Waals surface area (Å²) in [4.78, 5) is 14.0. The second-order valence-electron chi connectivity index (χ2n) is 1.93. The van der Waals surface area contributed by atoms with E-state index in [0.29, 0.717) is 5.01 Å². The molecule has 5 heteroatoms. The van der Waals surface area contributed by atoms with Crippen LogP contribution in [0.3, 0.4) is 0 Å². The minimum Gasteiger partial charge on any atom is -0.550 e. The molecule has 0 saturated carbocycles. The number of carboxylic acid groups (broad SMARTS) is 1. The van der Waals surface area contributed by atoms with Gasteiger partial charge in [-0.1, -0.05) is 0 Å². The molecule has 0 bridgehead atoms. The van der Waals surface area contributed by atoms with Crippen LogP contribution >= 0.6 is 11.3 Å². The van der Waals surface area contributed by atoms with E-state index in [1.54, 1.807) is 0 Å². The SMILES string of the molecule is Cc1csc(CC(=O)[O-])n1.[Na+]. The summed E-state index contributed by atoms with van der Waals surface area (Å²) < 4.78 is 0. The van der Waals surface area contributed by atoms with E-state index in [2.05, 4.69) is 4.98 Å². The predicted molar refractivity (Wildman–Crippen MR) is 35.6 cm³/mol. The molecule has 1 aromatic heterocycles. The van der Waals surface area contributed by atoms with Gasteiger partial charge in [0.15, 0.2) is 0 Å². The number of aryl methyl sites for hydroxylation is 1. The molecule has 0 amide bonds. The minimum atomic E-state index is -1.07. The van der Waals surface area contributed by atoms with Gasteiger partial charge in [0.05, 0.1) is 5.01 Å². The zero-order chi connectivity index (χ0) is 7.56. The minimum absolute atomic E-state index is 0. The van der Waals surface area contributed by atoms with E-state index < -0.39 is 5.97 Å². The molecule has 0 aliphatic rings. The van der Waals surface area contributed by atoms with Crippen molar-refractivity contribution in [2.75, 3.05) is 0 Å². The van der Waals surface area contributed by atoms with Crippen molar-refractivity contribution in [3.63, 3.8) is 0 Å². The summed E-state index contributed by atoms with van der Waals surface area (Å²) in [6.07, 6.45) is -0.0709. The topological polar surface area (TPSA) is 53.0 Å². The van der Waals surface area contributed by atoms with Crippen LogP contribution in [0.4, 0.5) is 0 Å². The third-order valence-corrected chi connectivity index (χ3v) is 1.93. The van der Waals surface area contributed by atoms with Gasteiger partial charge in [0.2, 0.25) is 0 Å². The fraction of sp³-hybridized carbons (Fsp3) is 0.333. The normalized spacial score (nSPS) is 8.82. The molecule has 0 aliphatic carbocycles. The Labute approximate surface area is 90.8 Å². The summed E-state index contributed by atoms with van der Waals surface area (Å²) in [6, 6.07) is 0. The summed E-state index contributed by atoms with van der Waals surface area (Å²) >= 11 is 1.35. The average molecular weight is 179 g/mol. The molecule has 1 heterocycles. The van der Waals surface area contributed by atoms with Crippen molar-refractivity contribution in [3.8, 4) is 0 Å². The maximum atomic E-state index is 10.0. The molecule has 0 N–H and O–H groups in total. The predicted octanol–water partition coefficient (Wildman–Crippen LogP) is -3.25. The number of rotatable bonds is 2. The Bertz CT molecular complexity index is 248. The van der Waals surface area contributed by atoms with Gasteiger partial charge in [0.25, 0.3) is 0 Å². The Morgan fingerprint density at radius 3 is 2.82 bits per heavy atom. The average Bonchev–Trinajstić information content (AvgIpc) is 2.13. The molecule has 0 unspecified atom stereocenters. The third kappa shape index (κ3) is 3.86. The molecular weight excluding hydrogens is 173 g/mol. The number of carbonyl (C=O) groups is 1. The van der Waals surface area contributed by atoms with Crippen LogP contribution in [-0.4, -0.2) is 11.0 Å². The molecule has 3 nitrogen and oxygen atoms in total. The van der Waals surface area contributed by atoms with Crippen molar-refractivity contribution >= 4 is 17.3 Å².